The van der Waals surface area contributed by atoms with Gasteiger partial charge in [0.1, 0.15) is 0 Å². The molecule has 0 unspecified atom stereocenters. The van der Waals surface area contributed by atoms with Crippen molar-refractivity contribution in [1.82, 2.24) is 4.31 Å². The highest BCUT2D eigenvalue weighted by Gasteiger charge is 2.26. The van der Waals surface area contributed by atoms with Crippen molar-refractivity contribution in [3.8, 4) is 0 Å². The summed E-state index contributed by atoms with van der Waals surface area (Å²) >= 11 is 1.73. The van der Waals surface area contributed by atoms with Crippen LogP contribution in [0.2, 0.25) is 0 Å². The molecular formula is C11H15NO4S3. The maximum atomic E-state index is 12.3. The Morgan fingerprint density at radius 3 is 1.89 bits per heavy atom. The van der Waals surface area contributed by atoms with Gasteiger partial charge in [-0.05, 0) is 24.3 Å². The molecule has 0 bridgehead atoms. The predicted molar refractivity (Wildman–Crippen MR) is 75.6 cm³/mol. The number of hydrogen-bond donors (Lipinski definition) is 0. The number of thioether (sulfide) groups is 1. The number of nitrogens with zero attached hydrogens (tertiary/aromatic N) is 1. The van der Waals surface area contributed by atoms with Crippen LogP contribution in [0.15, 0.2) is 34.1 Å². The van der Waals surface area contributed by atoms with Gasteiger partial charge in [0.25, 0.3) is 0 Å². The van der Waals surface area contributed by atoms with Gasteiger partial charge < -0.3 is 0 Å². The molecule has 0 aromatic heterocycles. The van der Waals surface area contributed by atoms with Gasteiger partial charge >= 0.3 is 0 Å². The summed E-state index contributed by atoms with van der Waals surface area (Å²) in [5.41, 5.74) is 0. The molecule has 1 saturated heterocycles. The van der Waals surface area contributed by atoms with E-state index in [1.807, 2.05) is 0 Å². The Bertz CT molecular complexity index is 644. The van der Waals surface area contributed by atoms with Gasteiger partial charge in [0.2, 0.25) is 10.0 Å². The van der Waals surface area contributed by atoms with Crippen LogP contribution >= 0.6 is 11.8 Å². The van der Waals surface area contributed by atoms with Gasteiger partial charge in [0.15, 0.2) is 9.84 Å². The second-order valence-corrected chi connectivity index (χ2v) is 9.44. The fourth-order valence-corrected chi connectivity index (χ4v) is 5.00. The Balaban J connectivity index is 2.31. The predicted octanol–water partition coefficient (Wildman–Crippen LogP) is 0.828. The first-order valence-corrected chi connectivity index (χ1v) is 10.2. The molecule has 2 rings (SSSR count). The molecule has 0 saturated carbocycles. The van der Waals surface area contributed by atoms with Gasteiger partial charge in [0.05, 0.1) is 9.79 Å². The summed E-state index contributed by atoms with van der Waals surface area (Å²) in [7, 11) is -6.80. The van der Waals surface area contributed by atoms with E-state index in [2.05, 4.69) is 0 Å². The zero-order valence-corrected chi connectivity index (χ0v) is 12.9. The van der Waals surface area contributed by atoms with Gasteiger partial charge in [-0.1, -0.05) is 0 Å². The average Bonchev–Trinajstić information content (AvgIpc) is 2.39. The molecule has 0 radical (unpaired) electrons. The van der Waals surface area contributed by atoms with Crippen LogP contribution in [-0.4, -0.2) is 52.0 Å². The topological polar surface area (TPSA) is 71.5 Å². The summed E-state index contributed by atoms with van der Waals surface area (Å²) in [6.07, 6.45) is 1.10. The largest absolute Gasteiger partial charge is 0.243 e. The number of benzene rings is 1. The van der Waals surface area contributed by atoms with Gasteiger partial charge in [-0.15, -0.1) is 0 Å². The normalized spacial score (nSPS) is 18.4. The summed E-state index contributed by atoms with van der Waals surface area (Å²) in [6.45, 7) is 1.00. The van der Waals surface area contributed by atoms with E-state index in [9.17, 15) is 16.8 Å². The van der Waals surface area contributed by atoms with Crippen molar-refractivity contribution in [1.29, 1.82) is 0 Å². The molecule has 1 aliphatic rings. The van der Waals surface area contributed by atoms with E-state index in [-0.39, 0.29) is 9.79 Å². The van der Waals surface area contributed by atoms with E-state index >= 15 is 0 Å². The number of sulfonamides is 1. The zero-order valence-electron chi connectivity index (χ0n) is 10.4. The van der Waals surface area contributed by atoms with Crippen LogP contribution in [0.5, 0.6) is 0 Å². The molecule has 1 aliphatic heterocycles. The molecule has 106 valence electrons. The lowest BCUT2D eigenvalue weighted by molar-refractivity contribution is 0.443. The summed E-state index contributed by atoms with van der Waals surface area (Å²) in [4.78, 5) is 0.271. The Morgan fingerprint density at radius 1 is 0.947 bits per heavy atom. The minimum absolute atomic E-state index is 0.126. The maximum absolute atomic E-state index is 12.3. The molecule has 0 atom stereocenters. The molecule has 1 fully saturated rings. The highest BCUT2D eigenvalue weighted by Crippen LogP contribution is 2.21. The van der Waals surface area contributed by atoms with Gasteiger partial charge in [-0.25, -0.2) is 16.8 Å². The van der Waals surface area contributed by atoms with E-state index in [0.717, 1.165) is 17.8 Å². The van der Waals surface area contributed by atoms with E-state index < -0.39 is 19.9 Å². The minimum atomic E-state index is -3.50. The minimum Gasteiger partial charge on any atom is -0.224 e. The quantitative estimate of drug-likeness (QED) is 0.824. The van der Waals surface area contributed by atoms with Crippen LogP contribution in [0, 0.1) is 0 Å². The van der Waals surface area contributed by atoms with E-state index in [1.165, 1.54) is 28.6 Å². The Kier molecular flexibility index (Phi) is 4.24. The summed E-state index contributed by atoms with van der Waals surface area (Å²) in [5.74, 6) is 1.58. The van der Waals surface area contributed by atoms with Crippen LogP contribution in [-0.2, 0) is 19.9 Å². The smallest absolute Gasteiger partial charge is 0.224 e. The van der Waals surface area contributed by atoms with Crippen molar-refractivity contribution in [2.45, 2.75) is 9.79 Å². The monoisotopic (exact) mass is 321 g/mol. The highest BCUT2D eigenvalue weighted by molar-refractivity contribution is 7.99. The lowest BCUT2D eigenvalue weighted by Crippen LogP contribution is -2.37. The standard InChI is InChI=1S/C11H15NO4S3/c1-18(13,14)10-2-4-11(5-3-10)19(15,16)12-6-8-17-9-7-12/h2-5H,6-9H2,1H3. The second kappa shape index (κ2) is 5.43. The van der Waals surface area contributed by atoms with Crippen molar-refractivity contribution >= 4 is 31.6 Å². The third-order valence-electron chi connectivity index (χ3n) is 2.86. The van der Waals surface area contributed by atoms with Crippen molar-refractivity contribution in [2.75, 3.05) is 30.9 Å². The van der Waals surface area contributed by atoms with Crippen LogP contribution < -0.4 is 0 Å². The fourth-order valence-electron chi connectivity index (χ4n) is 1.79. The molecule has 0 N–H and O–H groups in total. The SMILES string of the molecule is CS(=O)(=O)c1ccc(S(=O)(=O)N2CCSCC2)cc1. The fraction of sp³-hybridized carbons (Fsp3) is 0.455. The Morgan fingerprint density at radius 2 is 1.42 bits per heavy atom. The molecule has 1 aromatic carbocycles. The first kappa shape index (κ1) is 14.8. The summed E-state index contributed by atoms with van der Waals surface area (Å²) < 4.78 is 48.7. The summed E-state index contributed by atoms with van der Waals surface area (Å²) in [5, 5.41) is 0. The van der Waals surface area contributed by atoms with E-state index in [0.29, 0.717) is 13.1 Å². The lowest BCUT2D eigenvalue weighted by Gasteiger charge is -2.25. The number of hydrogen-bond acceptors (Lipinski definition) is 5. The molecule has 1 aromatic rings. The molecule has 1 heterocycles. The highest BCUT2D eigenvalue weighted by atomic mass is 32.2. The Labute approximate surface area is 118 Å². The van der Waals surface area contributed by atoms with Crippen LogP contribution in [0.25, 0.3) is 0 Å². The first-order chi connectivity index (χ1) is 8.82. The molecule has 0 aliphatic carbocycles. The molecule has 19 heavy (non-hydrogen) atoms. The second-order valence-electron chi connectivity index (χ2n) is 4.26. The number of rotatable bonds is 3. The van der Waals surface area contributed by atoms with E-state index in [4.69, 9.17) is 0 Å². The number of sulfone groups is 1. The molecule has 5 nitrogen and oxygen atoms in total. The lowest BCUT2D eigenvalue weighted by atomic mass is 10.4. The van der Waals surface area contributed by atoms with Crippen molar-refractivity contribution in [3.63, 3.8) is 0 Å². The third kappa shape index (κ3) is 3.31. The molecule has 8 heteroatoms. The van der Waals surface area contributed by atoms with Gasteiger partial charge in [-0.3, -0.25) is 0 Å². The molecule has 0 amide bonds. The third-order valence-corrected chi connectivity index (χ3v) is 6.84. The molecule has 0 spiro atoms. The van der Waals surface area contributed by atoms with Crippen LogP contribution in [0.1, 0.15) is 0 Å². The zero-order chi connectivity index (χ0) is 14.1. The van der Waals surface area contributed by atoms with Crippen molar-refractivity contribution in [3.05, 3.63) is 24.3 Å². The van der Waals surface area contributed by atoms with Crippen LogP contribution in [0.3, 0.4) is 0 Å². The molecular weight excluding hydrogens is 306 g/mol. The van der Waals surface area contributed by atoms with Gasteiger partial charge in [-0.2, -0.15) is 16.1 Å². The Hall–Kier alpha value is -0.570. The van der Waals surface area contributed by atoms with Crippen LogP contribution in [0.4, 0.5) is 0 Å². The van der Waals surface area contributed by atoms with Gasteiger partial charge in [0, 0.05) is 30.9 Å². The average molecular weight is 321 g/mol. The van der Waals surface area contributed by atoms with E-state index in [1.54, 1.807) is 11.8 Å². The summed E-state index contributed by atoms with van der Waals surface area (Å²) in [6, 6.07) is 5.38. The van der Waals surface area contributed by atoms with Crippen molar-refractivity contribution in [2.24, 2.45) is 0 Å². The van der Waals surface area contributed by atoms with Crippen molar-refractivity contribution < 1.29 is 16.8 Å². The first-order valence-electron chi connectivity index (χ1n) is 5.70. The maximum Gasteiger partial charge on any atom is 0.243 e.